The Bertz CT molecular complexity index is 190. The van der Waals surface area contributed by atoms with E-state index in [0.717, 1.165) is 38.4 Å². The lowest BCUT2D eigenvalue weighted by atomic mass is 10.3. The predicted octanol–water partition coefficient (Wildman–Crippen LogP) is 0.886. The SMILES string of the molecule is CC/C=C\C(=NC)N1CCNCC1. The Balaban J connectivity index is 2.50. The van der Waals surface area contributed by atoms with Gasteiger partial charge in [0.25, 0.3) is 0 Å². The number of hydrogen-bond donors (Lipinski definition) is 1. The maximum Gasteiger partial charge on any atom is 0.122 e. The van der Waals surface area contributed by atoms with Crippen molar-refractivity contribution in [2.45, 2.75) is 13.3 Å². The third kappa shape index (κ3) is 3.19. The number of nitrogens with zero attached hydrogens (tertiary/aromatic N) is 2. The molecule has 3 heteroatoms. The molecule has 0 aromatic carbocycles. The fourth-order valence-corrected chi connectivity index (χ4v) is 1.44. The van der Waals surface area contributed by atoms with E-state index in [2.05, 4.69) is 34.3 Å². The van der Waals surface area contributed by atoms with Crippen molar-refractivity contribution >= 4 is 5.84 Å². The van der Waals surface area contributed by atoms with Crippen LogP contribution in [-0.2, 0) is 0 Å². The molecule has 0 amide bonds. The molecule has 13 heavy (non-hydrogen) atoms. The van der Waals surface area contributed by atoms with E-state index in [4.69, 9.17) is 0 Å². The highest BCUT2D eigenvalue weighted by Gasteiger charge is 2.10. The second-order valence-electron chi connectivity index (χ2n) is 3.13. The van der Waals surface area contributed by atoms with Crippen molar-refractivity contribution in [3.05, 3.63) is 12.2 Å². The molecule has 0 radical (unpaired) electrons. The monoisotopic (exact) mass is 181 g/mol. The molecule has 1 saturated heterocycles. The highest BCUT2D eigenvalue weighted by molar-refractivity contribution is 5.92. The summed E-state index contributed by atoms with van der Waals surface area (Å²) in [6.07, 6.45) is 5.35. The summed E-state index contributed by atoms with van der Waals surface area (Å²) in [5, 5.41) is 3.33. The van der Waals surface area contributed by atoms with E-state index in [0.29, 0.717) is 0 Å². The van der Waals surface area contributed by atoms with Crippen LogP contribution >= 0.6 is 0 Å². The lowest BCUT2D eigenvalue weighted by Gasteiger charge is -2.28. The molecule has 0 saturated carbocycles. The third-order valence-electron chi connectivity index (χ3n) is 2.17. The van der Waals surface area contributed by atoms with Gasteiger partial charge in [-0.2, -0.15) is 0 Å². The van der Waals surface area contributed by atoms with Crippen LogP contribution in [0.25, 0.3) is 0 Å². The first-order chi connectivity index (χ1) is 6.38. The smallest absolute Gasteiger partial charge is 0.122 e. The van der Waals surface area contributed by atoms with Gasteiger partial charge in [0.15, 0.2) is 0 Å². The van der Waals surface area contributed by atoms with Gasteiger partial charge >= 0.3 is 0 Å². The number of rotatable bonds is 2. The number of aliphatic imine (C=N–C) groups is 1. The molecule has 1 heterocycles. The molecule has 0 atom stereocenters. The maximum atomic E-state index is 4.28. The summed E-state index contributed by atoms with van der Waals surface area (Å²) >= 11 is 0. The number of nitrogens with one attached hydrogen (secondary N) is 1. The van der Waals surface area contributed by atoms with Gasteiger partial charge in [-0.25, -0.2) is 0 Å². The Morgan fingerprint density at radius 3 is 2.69 bits per heavy atom. The van der Waals surface area contributed by atoms with Crippen LogP contribution in [0.15, 0.2) is 17.1 Å². The zero-order chi connectivity index (χ0) is 9.52. The fraction of sp³-hybridized carbons (Fsp3) is 0.700. The summed E-state index contributed by atoms with van der Waals surface area (Å²) in [5.41, 5.74) is 0. The van der Waals surface area contributed by atoms with Crippen molar-refractivity contribution in [3.63, 3.8) is 0 Å². The molecule has 1 N–H and O–H groups in total. The highest BCUT2D eigenvalue weighted by atomic mass is 15.2. The Kier molecular flexibility index (Phi) is 4.54. The highest BCUT2D eigenvalue weighted by Crippen LogP contribution is 1.97. The second-order valence-corrected chi connectivity index (χ2v) is 3.13. The van der Waals surface area contributed by atoms with Crippen LogP contribution in [0.3, 0.4) is 0 Å². The summed E-state index contributed by atoms with van der Waals surface area (Å²) in [6, 6.07) is 0. The minimum atomic E-state index is 1.07. The van der Waals surface area contributed by atoms with E-state index < -0.39 is 0 Å². The standard InChI is InChI=1S/C10H19N3/c1-3-4-5-10(11-2)13-8-6-12-7-9-13/h4-5,12H,3,6-9H2,1-2H3/b5-4-,11-10?. The average molecular weight is 181 g/mol. The van der Waals surface area contributed by atoms with E-state index >= 15 is 0 Å². The quantitative estimate of drug-likeness (QED) is 0.506. The van der Waals surface area contributed by atoms with Gasteiger partial charge in [0.05, 0.1) is 0 Å². The van der Waals surface area contributed by atoms with E-state index in [-0.39, 0.29) is 0 Å². The topological polar surface area (TPSA) is 27.6 Å². The van der Waals surface area contributed by atoms with Gasteiger partial charge in [-0.1, -0.05) is 13.0 Å². The molecule has 74 valence electrons. The van der Waals surface area contributed by atoms with Gasteiger partial charge in [-0.3, -0.25) is 4.99 Å². The molecule has 0 unspecified atom stereocenters. The molecule has 0 spiro atoms. The van der Waals surface area contributed by atoms with Crippen LogP contribution in [0.1, 0.15) is 13.3 Å². The van der Waals surface area contributed by atoms with Crippen LogP contribution in [0.4, 0.5) is 0 Å². The van der Waals surface area contributed by atoms with Crippen molar-refractivity contribution < 1.29 is 0 Å². The molecule has 0 aliphatic carbocycles. The van der Waals surface area contributed by atoms with Crippen LogP contribution in [0, 0.1) is 0 Å². The van der Waals surface area contributed by atoms with Gasteiger partial charge in [-0.15, -0.1) is 0 Å². The van der Waals surface area contributed by atoms with E-state index in [9.17, 15) is 0 Å². The average Bonchev–Trinajstić information content (AvgIpc) is 2.21. The minimum absolute atomic E-state index is 1.07. The van der Waals surface area contributed by atoms with E-state index in [1.54, 1.807) is 0 Å². The fourth-order valence-electron chi connectivity index (χ4n) is 1.44. The summed E-state index contributed by atoms with van der Waals surface area (Å²) in [5.74, 6) is 1.11. The number of amidine groups is 1. The van der Waals surface area contributed by atoms with Crippen molar-refractivity contribution in [3.8, 4) is 0 Å². The van der Waals surface area contributed by atoms with Crippen molar-refractivity contribution in [1.29, 1.82) is 0 Å². The molecular formula is C10H19N3. The van der Waals surface area contributed by atoms with Gasteiger partial charge in [0.2, 0.25) is 0 Å². The minimum Gasteiger partial charge on any atom is -0.354 e. The number of piperazine rings is 1. The molecule has 0 aromatic heterocycles. The number of allylic oxidation sites excluding steroid dienone is 1. The largest absolute Gasteiger partial charge is 0.354 e. The Morgan fingerprint density at radius 1 is 1.46 bits per heavy atom. The lowest BCUT2D eigenvalue weighted by Crippen LogP contribution is -2.45. The third-order valence-corrected chi connectivity index (χ3v) is 2.17. The second kappa shape index (κ2) is 5.75. The van der Waals surface area contributed by atoms with Gasteiger partial charge in [-0.05, 0) is 12.5 Å². The summed E-state index contributed by atoms with van der Waals surface area (Å²) in [4.78, 5) is 6.60. The van der Waals surface area contributed by atoms with Crippen molar-refractivity contribution in [1.82, 2.24) is 10.2 Å². The Labute approximate surface area is 80.5 Å². The zero-order valence-corrected chi connectivity index (χ0v) is 8.58. The van der Waals surface area contributed by atoms with Crippen LogP contribution < -0.4 is 5.32 Å². The van der Waals surface area contributed by atoms with Crippen LogP contribution in [-0.4, -0.2) is 44.0 Å². The first-order valence-electron chi connectivity index (χ1n) is 4.97. The molecule has 0 aromatic rings. The first-order valence-corrected chi connectivity index (χ1v) is 4.97. The molecule has 1 fully saturated rings. The van der Waals surface area contributed by atoms with Gasteiger partial charge in [0.1, 0.15) is 5.84 Å². The predicted molar refractivity (Wildman–Crippen MR) is 57.2 cm³/mol. The van der Waals surface area contributed by atoms with Crippen molar-refractivity contribution in [2.24, 2.45) is 4.99 Å². The Hall–Kier alpha value is -0.830. The van der Waals surface area contributed by atoms with Crippen LogP contribution in [0.2, 0.25) is 0 Å². The van der Waals surface area contributed by atoms with E-state index in [1.165, 1.54) is 0 Å². The van der Waals surface area contributed by atoms with Crippen LogP contribution in [0.5, 0.6) is 0 Å². The summed E-state index contributed by atoms with van der Waals surface area (Å²) < 4.78 is 0. The molecule has 3 nitrogen and oxygen atoms in total. The maximum absolute atomic E-state index is 4.28. The van der Waals surface area contributed by atoms with Gasteiger partial charge < -0.3 is 10.2 Å². The molecular weight excluding hydrogens is 162 g/mol. The van der Waals surface area contributed by atoms with E-state index in [1.807, 2.05) is 7.05 Å². The Morgan fingerprint density at radius 2 is 2.15 bits per heavy atom. The number of hydrogen-bond acceptors (Lipinski definition) is 2. The summed E-state index contributed by atoms with van der Waals surface area (Å²) in [7, 11) is 1.86. The molecule has 1 rings (SSSR count). The summed E-state index contributed by atoms with van der Waals surface area (Å²) in [6.45, 7) is 6.42. The lowest BCUT2D eigenvalue weighted by molar-refractivity contribution is 0.358. The molecule has 0 bridgehead atoms. The zero-order valence-electron chi connectivity index (χ0n) is 8.58. The van der Waals surface area contributed by atoms with Crippen molar-refractivity contribution in [2.75, 3.05) is 33.2 Å². The van der Waals surface area contributed by atoms with Gasteiger partial charge in [0, 0.05) is 33.2 Å². The molecule has 1 aliphatic rings. The molecule has 1 aliphatic heterocycles. The first kappa shape index (κ1) is 10.3. The normalized spacial score (nSPS) is 19.8.